The summed E-state index contributed by atoms with van der Waals surface area (Å²) in [7, 11) is 0. The lowest BCUT2D eigenvalue weighted by molar-refractivity contribution is 0.0519. The van der Waals surface area contributed by atoms with Gasteiger partial charge in [-0.05, 0) is 54.4 Å². The van der Waals surface area contributed by atoms with Crippen LogP contribution in [0.5, 0.6) is 5.75 Å². The quantitative estimate of drug-likeness (QED) is 0.430. The Hall–Kier alpha value is -4.46. The summed E-state index contributed by atoms with van der Waals surface area (Å²) in [6.07, 6.45) is 4.82. The number of hydrogen-bond donors (Lipinski definition) is 1. The standard InChI is InChI=1S/C26H21N3O5/c1-2-32-26(31)22-15-34-25(29-22)18-5-3-4-16(10-18)12-28-24(30)17-6-7-21-20-8-9-27-13-19(20)14-33-23(21)11-17/h3-11,13,15H,2,12,14H2,1H3,(H,28,30). The summed E-state index contributed by atoms with van der Waals surface area (Å²) in [5, 5.41) is 2.93. The van der Waals surface area contributed by atoms with E-state index in [2.05, 4.69) is 15.3 Å². The molecule has 0 saturated heterocycles. The predicted molar refractivity (Wildman–Crippen MR) is 123 cm³/mol. The second kappa shape index (κ2) is 9.19. The van der Waals surface area contributed by atoms with Crippen molar-refractivity contribution in [3.8, 4) is 28.3 Å². The van der Waals surface area contributed by atoms with Crippen LogP contribution in [0.3, 0.4) is 0 Å². The number of nitrogens with zero attached hydrogens (tertiary/aromatic N) is 2. The van der Waals surface area contributed by atoms with E-state index in [4.69, 9.17) is 13.9 Å². The Balaban J connectivity index is 1.27. The molecule has 2 aromatic carbocycles. The smallest absolute Gasteiger partial charge is 0.360 e. The highest BCUT2D eigenvalue weighted by Crippen LogP contribution is 2.37. The first kappa shape index (κ1) is 21.4. The van der Waals surface area contributed by atoms with Gasteiger partial charge in [-0.15, -0.1) is 0 Å². The van der Waals surface area contributed by atoms with Gasteiger partial charge < -0.3 is 19.2 Å². The Morgan fingerprint density at radius 1 is 1.12 bits per heavy atom. The van der Waals surface area contributed by atoms with E-state index in [1.54, 1.807) is 31.5 Å². The highest BCUT2D eigenvalue weighted by molar-refractivity contribution is 5.95. The van der Waals surface area contributed by atoms with Crippen LogP contribution >= 0.6 is 0 Å². The van der Waals surface area contributed by atoms with Gasteiger partial charge in [-0.1, -0.05) is 12.1 Å². The average molecular weight is 455 g/mol. The minimum atomic E-state index is -0.532. The first-order valence-corrected chi connectivity index (χ1v) is 10.8. The molecule has 0 fully saturated rings. The lowest BCUT2D eigenvalue weighted by atomic mass is 9.97. The molecule has 0 saturated carbocycles. The summed E-state index contributed by atoms with van der Waals surface area (Å²) in [6, 6.07) is 14.8. The molecule has 1 amide bonds. The van der Waals surface area contributed by atoms with E-state index in [1.807, 2.05) is 36.4 Å². The SMILES string of the molecule is CCOC(=O)c1coc(-c2cccc(CNC(=O)c3ccc4c(c3)OCc3cnccc3-4)c2)n1. The molecular formula is C26H21N3O5. The molecule has 0 spiro atoms. The van der Waals surface area contributed by atoms with Crippen LogP contribution in [-0.2, 0) is 17.9 Å². The topological polar surface area (TPSA) is 104 Å². The number of amides is 1. The fourth-order valence-electron chi connectivity index (χ4n) is 3.77. The monoisotopic (exact) mass is 455 g/mol. The summed E-state index contributed by atoms with van der Waals surface area (Å²) in [6.45, 7) is 2.72. The first-order valence-electron chi connectivity index (χ1n) is 10.8. The molecular weight excluding hydrogens is 434 g/mol. The number of carbonyl (C=O) groups is 2. The van der Waals surface area contributed by atoms with Crippen molar-refractivity contribution in [2.24, 2.45) is 0 Å². The van der Waals surface area contributed by atoms with Crippen LogP contribution in [0.25, 0.3) is 22.6 Å². The third-order valence-corrected chi connectivity index (χ3v) is 5.44. The summed E-state index contributed by atoms with van der Waals surface area (Å²) in [5.74, 6) is 0.237. The van der Waals surface area contributed by atoms with E-state index in [0.29, 0.717) is 35.9 Å². The molecule has 0 atom stereocenters. The molecule has 8 nitrogen and oxygen atoms in total. The fourth-order valence-corrected chi connectivity index (χ4v) is 3.77. The zero-order valence-corrected chi connectivity index (χ0v) is 18.4. The van der Waals surface area contributed by atoms with Crippen LogP contribution in [0.4, 0.5) is 0 Å². The number of esters is 1. The number of rotatable bonds is 6. The lowest BCUT2D eigenvalue weighted by Crippen LogP contribution is -2.23. The van der Waals surface area contributed by atoms with Crippen LogP contribution in [-0.4, -0.2) is 28.5 Å². The van der Waals surface area contributed by atoms with Crippen molar-refractivity contribution >= 4 is 11.9 Å². The molecule has 3 heterocycles. The van der Waals surface area contributed by atoms with Crippen LogP contribution in [0.1, 0.15) is 38.9 Å². The van der Waals surface area contributed by atoms with Crippen molar-refractivity contribution in [1.82, 2.24) is 15.3 Å². The van der Waals surface area contributed by atoms with Gasteiger partial charge in [0.1, 0.15) is 18.6 Å². The van der Waals surface area contributed by atoms with Gasteiger partial charge in [-0.2, -0.15) is 0 Å². The molecule has 1 aliphatic heterocycles. The molecule has 2 aromatic heterocycles. The number of pyridine rings is 1. The number of nitrogens with one attached hydrogen (secondary N) is 1. The normalized spacial score (nSPS) is 11.7. The molecule has 0 aliphatic carbocycles. The minimum absolute atomic E-state index is 0.115. The van der Waals surface area contributed by atoms with E-state index in [9.17, 15) is 9.59 Å². The summed E-state index contributed by atoms with van der Waals surface area (Å²) < 4.78 is 16.2. The summed E-state index contributed by atoms with van der Waals surface area (Å²) in [4.78, 5) is 32.9. The lowest BCUT2D eigenvalue weighted by Gasteiger charge is -2.20. The molecule has 170 valence electrons. The summed E-state index contributed by atoms with van der Waals surface area (Å²) in [5.41, 5.74) is 5.21. The third kappa shape index (κ3) is 4.25. The largest absolute Gasteiger partial charge is 0.488 e. The Kier molecular flexibility index (Phi) is 5.78. The van der Waals surface area contributed by atoms with Crippen molar-refractivity contribution in [2.45, 2.75) is 20.1 Å². The van der Waals surface area contributed by atoms with Crippen LogP contribution in [0, 0.1) is 0 Å². The number of ether oxygens (including phenoxy) is 2. The van der Waals surface area contributed by atoms with Gasteiger partial charge in [0.05, 0.1) is 6.61 Å². The Bertz CT molecular complexity index is 1380. The molecule has 4 aromatic rings. The van der Waals surface area contributed by atoms with Gasteiger partial charge in [0.2, 0.25) is 5.89 Å². The first-order chi connectivity index (χ1) is 16.6. The second-order valence-electron chi connectivity index (χ2n) is 7.67. The minimum Gasteiger partial charge on any atom is -0.488 e. The molecule has 8 heteroatoms. The van der Waals surface area contributed by atoms with Crippen LogP contribution in [0.15, 0.2) is 71.6 Å². The van der Waals surface area contributed by atoms with E-state index in [-0.39, 0.29) is 18.2 Å². The molecule has 1 N–H and O–H groups in total. The van der Waals surface area contributed by atoms with E-state index in [1.165, 1.54) is 6.26 Å². The maximum Gasteiger partial charge on any atom is 0.360 e. The highest BCUT2D eigenvalue weighted by Gasteiger charge is 2.19. The van der Waals surface area contributed by atoms with Crippen LogP contribution in [0.2, 0.25) is 0 Å². The van der Waals surface area contributed by atoms with Gasteiger partial charge in [0.15, 0.2) is 5.69 Å². The van der Waals surface area contributed by atoms with Gasteiger partial charge in [0.25, 0.3) is 5.91 Å². The third-order valence-electron chi connectivity index (χ3n) is 5.44. The number of fused-ring (bicyclic) bond motifs is 3. The maximum absolute atomic E-state index is 12.8. The van der Waals surface area contributed by atoms with Crippen molar-refractivity contribution in [3.05, 3.63) is 89.6 Å². The molecule has 1 aliphatic rings. The number of aromatic nitrogens is 2. The molecule has 0 bridgehead atoms. The highest BCUT2D eigenvalue weighted by atomic mass is 16.5. The molecule has 0 radical (unpaired) electrons. The van der Waals surface area contributed by atoms with Crippen molar-refractivity contribution in [3.63, 3.8) is 0 Å². The fraction of sp³-hybridized carbons (Fsp3) is 0.154. The average Bonchev–Trinajstić information content (AvgIpc) is 3.38. The zero-order valence-electron chi connectivity index (χ0n) is 18.4. The van der Waals surface area contributed by atoms with Crippen molar-refractivity contribution in [2.75, 3.05) is 6.61 Å². The molecule has 34 heavy (non-hydrogen) atoms. The Morgan fingerprint density at radius 2 is 2.03 bits per heavy atom. The van der Waals surface area contributed by atoms with E-state index < -0.39 is 5.97 Å². The van der Waals surface area contributed by atoms with E-state index >= 15 is 0 Å². The maximum atomic E-state index is 12.8. The zero-order chi connectivity index (χ0) is 23.5. The van der Waals surface area contributed by atoms with Gasteiger partial charge in [-0.3, -0.25) is 9.78 Å². The van der Waals surface area contributed by atoms with Crippen molar-refractivity contribution < 1.29 is 23.5 Å². The number of oxazole rings is 1. The summed E-state index contributed by atoms with van der Waals surface area (Å²) >= 11 is 0. The van der Waals surface area contributed by atoms with Gasteiger partial charge >= 0.3 is 5.97 Å². The van der Waals surface area contributed by atoms with Crippen LogP contribution < -0.4 is 10.1 Å². The molecule has 5 rings (SSSR count). The van der Waals surface area contributed by atoms with Gasteiger partial charge in [-0.25, -0.2) is 9.78 Å². The Labute approximate surface area is 195 Å². The van der Waals surface area contributed by atoms with E-state index in [0.717, 1.165) is 22.3 Å². The Morgan fingerprint density at radius 3 is 2.91 bits per heavy atom. The number of hydrogen-bond acceptors (Lipinski definition) is 7. The van der Waals surface area contributed by atoms with Crippen molar-refractivity contribution in [1.29, 1.82) is 0 Å². The predicted octanol–water partition coefficient (Wildman–Crippen LogP) is 4.40. The van der Waals surface area contributed by atoms with Gasteiger partial charge in [0, 0.05) is 41.2 Å². The number of carbonyl (C=O) groups excluding carboxylic acids is 2. The number of benzene rings is 2. The second-order valence-corrected chi connectivity index (χ2v) is 7.67. The molecule has 0 unspecified atom stereocenters.